The van der Waals surface area contributed by atoms with Gasteiger partial charge in [0.25, 0.3) is 0 Å². The first-order valence-electron chi connectivity index (χ1n) is 7.05. The minimum Gasteiger partial charge on any atom is -0.233 e. The molecule has 0 aromatic rings. The van der Waals surface area contributed by atoms with E-state index in [0.717, 1.165) is 19.3 Å². The van der Waals surface area contributed by atoms with Crippen molar-refractivity contribution in [3.05, 3.63) is 34.9 Å². The summed E-state index contributed by atoms with van der Waals surface area (Å²) in [6, 6.07) is 2.32. The summed E-state index contributed by atoms with van der Waals surface area (Å²) in [5, 5.41) is 9.73. The average molecular weight is 265 g/mol. The van der Waals surface area contributed by atoms with Crippen LogP contribution in [-0.2, 0) is 9.59 Å². The lowest BCUT2D eigenvalue weighted by atomic mass is 9.53. The minimum atomic E-state index is -0.922. The Morgan fingerprint density at radius 2 is 2.05 bits per heavy atom. The Labute approximate surface area is 118 Å². The normalized spacial score (nSPS) is 35.0. The molecule has 3 heteroatoms. The van der Waals surface area contributed by atoms with E-state index in [-0.39, 0.29) is 11.8 Å². The summed E-state index contributed by atoms with van der Waals surface area (Å²) in [6.45, 7) is 0. The minimum absolute atomic E-state index is 0.196. The molecule has 0 aliphatic heterocycles. The van der Waals surface area contributed by atoms with Gasteiger partial charge < -0.3 is 0 Å². The lowest BCUT2D eigenvalue weighted by molar-refractivity contribution is 0.214. The third kappa shape index (κ3) is 1.60. The highest BCUT2D eigenvalue weighted by molar-refractivity contribution is 5.71. The standard InChI is InChI=1S/C17H15NO2/c18-11-17-8-7-12-3-1-2-4-15(12)16(17)13(9-19)5-6-14(17)10-20/h5-7,15-16H,1-4,8H2. The summed E-state index contributed by atoms with van der Waals surface area (Å²) >= 11 is 0. The Hall–Kier alpha value is -2.13. The number of carbonyl (C=O) groups excluding carboxylic acids is 2. The van der Waals surface area contributed by atoms with Gasteiger partial charge in [-0.15, -0.1) is 0 Å². The Balaban J connectivity index is 2.23. The van der Waals surface area contributed by atoms with E-state index in [9.17, 15) is 14.9 Å². The molecule has 0 amide bonds. The van der Waals surface area contributed by atoms with Crippen molar-refractivity contribution in [1.29, 1.82) is 5.26 Å². The van der Waals surface area contributed by atoms with Gasteiger partial charge >= 0.3 is 0 Å². The van der Waals surface area contributed by atoms with Gasteiger partial charge in [-0.1, -0.05) is 18.1 Å². The molecule has 3 unspecified atom stereocenters. The SMILES string of the molecule is N#CC12CC=C3CCCCC3C1C(=C=O)C=CC2=C=O. The van der Waals surface area contributed by atoms with Crippen molar-refractivity contribution in [3.63, 3.8) is 0 Å². The van der Waals surface area contributed by atoms with Gasteiger partial charge in [0.05, 0.1) is 11.6 Å². The maximum atomic E-state index is 11.3. The molecule has 3 aliphatic carbocycles. The van der Waals surface area contributed by atoms with Crippen LogP contribution in [0.15, 0.2) is 34.9 Å². The van der Waals surface area contributed by atoms with E-state index in [4.69, 9.17) is 0 Å². The molecule has 1 saturated carbocycles. The van der Waals surface area contributed by atoms with E-state index >= 15 is 0 Å². The summed E-state index contributed by atoms with van der Waals surface area (Å²) < 4.78 is 0. The molecule has 100 valence electrons. The van der Waals surface area contributed by atoms with Crippen molar-refractivity contribution in [2.24, 2.45) is 17.3 Å². The van der Waals surface area contributed by atoms with Gasteiger partial charge in [0, 0.05) is 11.5 Å². The zero-order valence-corrected chi connectivity index (χ0v) is 11.2. The lowest BCUT2D eigenvalue weighted by Gasteiger charge is -2.46. The van der Waals surface area contributed by atoms with Gasteiger partial charge in [0.2, 0.25) is 0 Å². The number of allylic oxidation sites excluding steroid dienone is 6. The van der Waals surface area contributed by atoms with E-state index < -0.39 is 5.41 Å². The third-order valence-electron chi connectivity index (χ3n) is 5.00. The van der Waals surface area contributed by atoms with Crippen molar-refractivity contribution in [2.75, 3.05) is 0 Å². The first kappa shape index (κ1) is 12.9. The Morgan fingerprint density at radius 1 is 1.20 bits per heavy atom. The zero-order chi connectivity index (χ0) is 14.2. The van der Waals surface area contributed by atoms with Crippen LogP contribution in [0.1, 0.15) is 32.1 Å². The first-order chi connectivity index (χ1) is 9.76. The molecule has 0 aromatic heterocycles. The first-order valence-corrected chi connectivity index (χ1v) is 7.05. The second kappa shape index (κ2) is 4.76. The second-order valence-corrected chi connectivity index (χ2v) is 5.80. The highest BCUT2D eigenvalue weighted by Gasteiger charge is 2.52. The van der Waals surface area contributed by atoms with Crippen LogP contribution in [0.3, 0.4) is 0 Å². The zero-order valence-electron chi connectivity index (χ0n) is 11.2. The Kier molecular flexibility index (Phi) is 3.07. The average Bonchev–Trinajstić information content (AvgIpc) is 2.53. The van der Waals surface area contributed by atoms with Crippen LogP contribution in [0.4, 0.5) is 0 Å². The van der Waals surface area contributed by atoms with Crippen LogP contribution in [0.25, 0.3) is 0 Å². The second-order valence-electron chi connectivity index (χ2n) is 5.80. The summed E-state index contributed by atoms with van der Waals surface area (Å²) in [7, 11) is 0. The predicted molar refractivity (Wildman–Crippen MR) is 73.7 cm³/mol. The maximum Gasteiger partial charge on any atom is 0.129 e. The molecule has 0 aromatic carbocycles. The molecule has 0 spiro atoms. The predicted octanol–water partition coefficient (Wildman–Crippen LogP) is 2.72. The molecule has 3 rings (SSSR count). The molecule has 3 nitrogen and oxygen atoms in total. The molecule has 0 N–H and O–H groups in total. The Bertz CT molecular complexity index is 651. The number of rotatable bonds is 0. The van der Waals surface area contributed by atoms with Crippen molar-refractivity contribution >= 4 is 11.9 Å². The molecule has 0 radical (unpaired) electrons. The smallest absolute Gasteiger partial charge is 0.129 e. The van der Waals surface area contributed by atoms with Crippen LogP contribution in [-0.4, -0.2) is 11.9 Å². The highest BCUT2D eigenvalue weighted by atomic mass is 16.1. The molecule has 3 aliphatic rings. The fraction of sp³-hybridized carbons (Fsp3) is 0.471. The summed E-state index contributed by atoms with van der Waals surface area (Å²) in [4.78, 5) is 22.5. The fourth-order valence-electron chi connectivity index (χ4n) is 4.04. The van der Waals surface area contributed by atoms with Crippen LogP contribution in [0.2, 0.25) is 0 Å². The molecule has 1 fully saturated rings. The van der Waals surface area contributed by atoms with Crippen LogP contribution in [0, 0.1) is 28.6 Å². The fourth-order valence-corrected chi connectivity index (χ4v) is 4.04. The summed E-state index contributed by atoms with van der Waals surface area (Å²) in [6.07, 6.45) is 10.1. The largest absolute Gasteiger partial charge is 0.233 e. The van der Waals surface area contributed by atoms with Crippen LogP contribution in [0.5, 0.6) is 0 Å². The van der Waals surface area contributed by atoms with Crippen molar-refractivity contribution in [2.45, 2.75) is 32.1 Å². The third-order valence-corrected chi connectivity index (χ3v) is 5.00. The van der Waals surface area contributed by atoms with E-state index in [0.29, 0.717) is 17.6 Å². The monoisotopic (exact) mass is 265 g/mol. The quantitative estimate of drug-likeness (QED) is 0.500. The Morgan fingerprint density at radius 3 is 2.75 bits per heavy atom. The van der Waals surface area contributed by atoms with Crippen molar-refractivity contribution in [3.8, 4) is 6.07 Å². The molecular formula is C17H15NO2. The van der Waals surface area contributed by atoms with Crippen molar-refractivity contribution < 1.29 is 9.59 Å². The molecular weight excluding hydrogens is 250 g/mol. The van der Waals surface area contributed by atoms with Gasteiger partial charge in [0.15, 0.2) is 0 Å². The van der Waals surface area contributed by atoms with Gasteiger partial charge in [-0.25, -0.2) is 9.59 Å². The van der Waals surface area contributed by atoms with E-state index in [1.54, 1.807) is 12.2 Å². The van der Waals surface area contributed by atoms with E-state index in [1.807, 2.05) is 11.9 Å². The van der Waals surface area contributed by atoms with Crippen LogP contribution >= 0.6 is 0 Å². The lowest BCUT2D eigenvalue weighted by Crippen LogP contribution is -2.43. The summed E-state index contributed by atoms with van der Waals surface area (Å²) in [5.74, 6) is 3.88. The van der Waals surface area contributed by atoms with Gasteiger partial charge in [-0.3, -0.25) is 0 Å². The van der Waals surface area contributed by atoms with Gasteiger partial charge in [-0.05, 0) is 43.8 Å². The molecule has 0 saturated heterocycles. The molecule has 0 heterocycles. The number of hydrogen-bond acceptors (Lipinski definition) is 3. The maximum absolute atomic E-state index is 11.3. The van der Waals surface area contributed by atoms with Gasteiger partial charge in [0.1, 0.15) is 17.3 Å². The molecule has 20 heavy (non-hydrogen) atoms. The molecule has 3 atom stereocenters. The number of nitrogens with zero attached hydrogens (tertiary/aromatic N) is 1. The highest BCUT2D eigenvalue weighted by Crippen LogP contribution is 2.56. The van der Waals surface area contributed by atoms with E-state index in [1.165, 1.54) is 12.0 Å². The topological polar surface area (TPSA) is 57.9 Å². The van der Waals surface area contributed by atoms with Crippen molar-refractivity contribution in [1.82, 2.24) is 0 Å². The number of nitriles is 1. The summed E-state index contributed by atoms with van der Waals surface area (Å²) in [5.41, 5.74) is 1.34. The van der Waals surface area contributed by atoms with Crippen LogP contribution < -0.4 is 0 Å². The van der Waals surface area contributed by atoms with E-state index in [2.05, 4.69) is 12.1 Å². The number of fused-ring (bicyclic) bond motifs is 3. The number of hydrogen-bond donors (Lipinski definition) is 0. The molecule has 0 bridgehead atoms. The van der Waals surface area contributed by atoms with Gasteiger partial charge in [-0.2, -0.15) is 5.26 Å².